The van der Waals surface area contributed by atoms with Gasteiger partial charge in [0.2, 0.25) is 0 Å². The Morgan fingerprint density at radius 2 is 1.56 bits per heavy atom. The molecule has 0 N–H and O–H groups in total. The summed E-state index contributed by atoms with van der Waals surface area (Å²) in [6.07, 6.45) is -4.53. The second-order valence-corrected chi connectivity index (χ2v) is 10.3. The van der Waals surface area contributed by atoms with Gasteiger partial charge in [-0.15, -0.1) is 0 Å². The Morgan fingerprint density at radius 3 is 2.21 bits per heavy atom. The second kappa shape index (κ2) is 13.0. The molecule has 226 valence electrons. The Hall–Kier alpha value is -4.16. The molecule has 0 radical (unpaired) electrons. The topological polar surface area (TPSA) is 65.5 Å². The summed E-state index contributed by atoms with van der Waals surface area (Å²) < 4.78 is 74.3. The number of alkyl halides is 3. The summed E-state index contributed by atoms with van der Waals surface area (Å²) in [5.41, 5.74) is -0.331. The maximum absolute atomic E-state index is 14.9. The molecule has 2 aliphatic rings. The lowest BCUT2D eigenvalue weighted by atomic mass is 9.97. The number of halogens is 5. The second-order valence-electron chi connectivity index (χ2n) is 10.3. The van der Waals surface area contributed by atoms with Crippen LogP contribution in [0.5, 0.6) is 0 Å². The number of morpholine rings is 1. The van der Waals surface area contributed by atoms with E-state index in [1.165, 1.54) is 41.3 Å². The van der Waals surface area contributed by atoms with Gasteiger partial charge in [0.15, 0.2) is 0 Å². The van der Waals surface area contributed by atoms with Gasteiger partial charge < -0.3 is 9.64 Å². The molecule has 0 unspecified atom stereocenters. The molecular weight excluding hydrogens is 571 g/mol. The Balaban J connectivity index is 1.43. The minimum absolute atomic E-state index is 0.0228. The molecule has 5 rings (SSSR count). The maximum Gasteiger partial charge on any atom is 0.416 e. The molecule has 0 aliphatic carbocycles. The van der Waals surface area contributed by atoms with Crippen LogP contribution in [-0.4, -0.2) is 78.3 Å². The van der Waals surface area contributed by atoms with Crippen molar-refractivity contribution in [2.45, 2.75) is 18.6 Å². The summed E-state index contributed by atoms with van der Waals surface area (Å²) in [7, 11) is 0. The minimum Gasteiger partial charge on any atom is -0.379 e. The van der Waals surface area contributed by atoms with Crippen molar-refractivity contribution in [2.75, 3.05) is 45.9 Å². The van der Waals surface area contributed by atoms with Crippen LogP contribution in [-0.2, 0) is 15.7 Å². The largest absolute Gasteiger partial charge is 0.416 e. The van der Waals surface area contributed by atoms with Gasteiger partial charge in [-0.2, -0.15) is 18.3 Å². The number of carbonyl (C=O) groups excluding carboxylic acids is 2. The van der Waals surface area contributed by atoms with Crippen LogP contribution in [0.15, 0.2) is 77.9 Å². The first-order valence-corrected chi connectivity index (χ1v) is 13.8. The van der Waals surface area contributed by atoms with Gasteiger partial charge in [0.1, 0.15) is 18.2 Å². The molecule has 1 atom stereocenters. The van der Waals surface area contributed by atoms with Gasteiger partial charge in [-0.3, -0.25) is 14.5 Å². The van der Waals surface area contributed by atoms with E-state index in [-0.39, 0.29) is 35.4 Å². The first-order chi connectivity index (χ1) is 20.6. The standard InChI is InChI=1S/C31H29F5N4O3/c32-25-7-3-1-5-23(25)27-19-28(24-6-2-4-8-26(24)33)40(37-27)29(41)20-39(14-13-38-15-17-43-18-16-38)30(42)21-9-11-22(12-10-21)31(34,35)36/h1-12,28H,13-20H2/t28-/m0/s1. The lowest BCUT2D eigenvalue weighted by Crippen LogP contribution is -2.46. The van der Waals surface area contributed by atoms with E-state index >= 15 is 0 Å². The number of benzene rings is 3. The summed E-state index contributed by atoms with van der Waals surface area (Å²) in [4.78, 5) is 30.7. The third kappa shape index (κ3) is 7.08. The molecule has 2 heterocycles. The predicted molar refractivity (Wildman–Crippen MR) is 148 cm³/mol. The fourth-order valence-corrected chi connectivity index (χ4v) is 5.15. The molecular formula is C31H29F5N4O3. The minimum atomic E-state index is -4.57. The Labute approximate surface area is 245 Å². The van der Waals surface area contributed by atoms with Crippen molar-refractivity contribution in [3.63, 3.8) is 0 Å². The van der Waals surface area contributed by atoms with Gasteiger partial charge in [0, 0.05) is 49.3 Å². The van der Waals surface area contributed by atoms with E-state index in [0.717, 1.165) is 29.3 Å². The van der Waals surface area contributed by atoms with Crippen LogP contribution >= 0.6 is 0 Å². The summed E-state index contributed by atoms with van der Waals surface area (Å²) in [6.45, 7) is 2.26. The summed E-state index contributed by atoms with van der Waals surface area (Å²) >= 11 is 0. The zero-order valence-corrected chi connectivity index (χ0v) is 23.1. The van der Waals surface area contributed by atoms with Crippen LogP contribution in [0, 0.1) is 11.6 Å². The quantitative estimate of drug-likeness (QED) is 0.336. The molecule has 3 aromatic carbocycles. The SMILES string of the molecule is O=C(c1ccc(C(F)(F)F)cc1)N(CCN1CCOCC1)CC(=O)N1N=C(c2ccccc2F)C[C@H]1c1ccccc1F. The average molecular weight is 601 g/mol. The van der Waals surface area contributed by atoms with Crippen molar-refractivity contribution in [3.05, 3.63) is 107 Å². The number of amides is 2. The van der Waals surface area contributed by atoms with E-state index < -0.39 is 47.8 Å². The van der Waals surface area contributed by atoms with Crippen molar-refractivity contribution >= 4 is 17.5 Å². The number of hydrogen-bond acceptors (Lipinski definition) is 5. The molecule has 2 amide bonds. The molecule has 2 aliphatic heterocycles. The normalized spacial score (nSPS) is 17.6. The monoisotopic (exact) mass is 600 g/mol. The molecule has 43 heavy (non-hydrogen) atoms. The molecule has 7 nitrogen and oxygen atoms in total. The van der Waals surface area contributed by atoms with Crippen LogP contribution in [0.1, 0.15) is 39.5 Å². The van der Waals surface area contributed by atoms with Gasteiger partial charge in [0.25, 0.3) is 11.8 Å². The molecule has 3 aromatic rings. The van der Waals surface area contributed by atoms with Crippen molar-refractivity contribution in [2.24, 2.45) is 5.10 Å². The van der Waals surface area contributed by atoms with Crippen LogP contribution in [0.2, 0.25) is 0 Å². The van der Waals surface area contributed by atoms with E-state index in [0.29, 0.717) is 32.8 Å². The lowest BCUT2D eigenvalue weighted by molar-refractivity contribution is -0.137. The highest BCUT2D eigenvalue weighted by Gasteiger charge is 2.37. The molecule has 0 aromatic heterocycles. The molecule has 0 bridgehead atoms. The molecule has 0 saturated carbocycles. The van der Waals surface area contributed by atoms with E-state index in [4.69, 9.17) is 4.74 Å². The zero-order chi connectivity index (χ0) is 30.6. The number of carbonyl (C=O) groups is 2. The molecule has 0 spiro atoms. The molecule has 1 fully saturated rings. The highest BCUT2D eigenvalue weighted by molar-refractivity contribution is 6.04. The van der Waals surface area contributed by atoms with Crippen molar-refractivity contribution in [1.29, 1.82) is 0 Å². The van der Waals surface area contributed by atoms with Gasteiger partial charge in [-0.1, -0.05) is 36.4 Å². The van der Waals surface area contributed by atoms with Crippen LogP contribution in [0.25, 0.3) is 0 Å². The van der Waals surface area contributed by atoms with Gasteiger partial charge in [0.05, 0.1) is 30.5 Å². The Bertz CT molecular complexity index is 1490. The Morgan fingerprint density at radius 1 is 0.907 bits per heavy atom. The fraction of sp³-hybridized carbons (Fsp3) is 0.323. The van der Waals surface area contributed by atoms with Gasteiger partial charge >= 0.3 is 6.18 Å². The number of nitrogens with zero attached hydrogens (tertiary/aromatic N) is 4. The smallest absolute Gasteiger partial charge is 0.379 e. The van der Waals surface area contributed by atoms with Crippen molar-refractivity contribution in [3.8, 4) is 0 Å². The van der Waals surface area contributed by atoms with E-state index in [2.05, 4.69) is 5.10 Å². The van der Waals surface area contributed by atoms with Gasteiger partial charge in [-0.25, -0.2) is 13.8 Å². The highest BCUT2D eigenvalue weighted by Crippen LogP contribution is 2.35. The third-order valence-corrected chi connectivity index (χ3v) is 7.48. The zero-order valence-electron chi connectivity index (χ0n) is 23.1. The van der Waals surface area contributed by atoms with Crippen molar-refractivity contribution in [1.82, 2.24) is 14.8 Å². The average Bonchev–Trinajstić information content (AvgIpc) is 3.44. The Kier molecular flexibility index (Phi) is 9.16. The number of rotatable bonds is 8. The highest BCUT2D eigenvalue weighted by atomic mass is 19.4. The van der Waals surface area contributed by atoms with Crippen LogP contribution in [0.4, 0.5) is 22.0 Å². The lowest BCUT2D eigenvalue weighted by Gasteiger charge is -2.31. The number of ether oxygens (including phenoxy) is 1. The third-order valence-electron chi connectivity index (χ3n) is 7.48. The molecule has 1 saturated heterocycles. The van der Waals surface area contributed by atoms with Crippen LogP contribution in [0.3, 0.4) is 0 Å². The first kappa shape index (κ1) is 30.3. The fourth-order valence-electron chi connectivity index (χ4n) is 5.15. The van der Waals surface area contributed by atoms with E-state index in [9.17, 15) is 31.5 Å². The van der Waals surface area contributed by atoms with Crippen LogP contribution < -0.4 is 0 Å². The summed E-state index contributed by atoms with van der Waals surface area (Å²) in [5, 5.41) is 5.47. The summed E-state index contributed by atoms with van der Waals surface area (Å²) in [6, 6.07) is 14.7. The van der Waals surface area contributed by atoms with E-state index in [1.807, 2.05) is 4.90 Å². The number of hydrazone groups is 1. The predicted octanol–water partition coefficient (Wildman–Crippen LogP) is 5.14. The van der Waals surface area contributed by atoms with E-state index in [1.54, 1.807) is 12.1 Å². The van der Waals surface area contributed by atoms with Gasteiger partial charge in [-0.05, 0) is 36.4 Å². The summed E-state index contributed by atoms with van der Waals surface area (Å²) in [5.74, 6) is -2.41. The first-order valence-electron chi connectivity index (χ1n) is 13.8. The molecule has 12 heteroatoms. The number of hydrogen-bond donors (Lipinski definition) is 0. The maximum atomic E-state index is 14.9. The van der Waals surface area contributed by atoms with Crippen molar-refractivity contribution < 1.29 is 36.3 Å².